The number of nitrogens with zero attached hydrogens (tertiary/aromatic N) is 1. The van der Waals surface area contributed by atoms with E-state index in [1.165, 1.54) is 23.9 Å². The monoisotopic (exact) mass is 388 g/mol. The van der Waals surface area contributed by atoms with Crippen molar-refractivity contribution in [2.45, 2.75) is 6.92 Å². The van der Waals surface area contributed by atoms with Gasteiger partial charge >= 0.3 is 0 Å². The second-order valence-electron chi connectivity index (χ2n) is 5.33. The molecule has 0 unspecified atom stereocenters. The molecule has 8 heteroatoms. The van der Waals surface area contributed by atoms with Crippen molar-refractivity contribution in [1.29, 1.82) is 0 Å². The van der Waals surface area contributed by atoms with Gasteiger partial charge in [-0.2, -0.15) is 0 Å². The van der Waals surface area contributed by atoms with Gasteiger partial charge in [0, 0.05) is 17.9 Å². The minimum Gasteiger partial charge on any atom is -0.494 e. The minimum atomic E-state index is -0.535. The van der Waals surface area contributed by atoms with E-state index in [2.05, 4.69) is 11.9 Å². The van der Waals surface area contributed by atoms with Gasteiger partial charge in [0.2, 0.25) is 5.91 Å². The molecule has 0 aliphatic rings. The highest BCUT2D eigenvalue weighted by Crippen LogP contribution is 2.30. The number of hydrogen-bond acceptors (Lipinski definition) is 6. The molecule has 0 fully saturated rings. The van der Waals surface area contributed by atoms with Gasteiger partial charge in [0.15, 0.2) is 0 Å². The summed E-state index contributed by atoms with van der Waals surface area (Å²) in [4.78, 5) is 22.6. The van der Waals surface area contributed by atoms with Crippen molar-refractivity contribution in [1.82, 2.24) is 0 Å². The Kier molecular flexibility index (Phi) is 7.69. The van der Waals surface area contributed by atoms with Gasteiger partial charge in [-0.15, -0.1) is 18.3 Å². The summed E-state index contributed by atoms with van der Waals surface area (Å²) in [6, 6.07) is 11.0. The lowest BCUT2D eigenvalue weighted by Crippen LogP contribution is -2.14. The lowest BCUT2D eigenvalue weighted by Gasteiger charge is -2.10. The second-order valence-corrected chi connectivity index (χ2v) is 6.36. The van der Waals surface area contributed by atoms with Crippen LogP contribution in [0.5, 0.6) is 17.2 Å². The number of nitro benzene ring substituents is 1. The molecule has 7 nitrogen and oxygen atoms in total. The van der Waals surface area contributed by atoms with Crippen LogP contribution < -0.4 is 14.8 Å². The molecule has 0 radical (unpaired) electrons. The average Bonchev–Trinajstić information content (AvgIpc) is 2.63. The van der Waals surface area contributed by atoms with Crippen LogP contribution in [0.2, 0.25) is 0 Å². The highest BCUT2D eigenvalue weighted by Gasteiger charge is 2.13. The number of carbonyl (C=O) groups excluding carboxylic acids is 1. The topological polar surface area (TPSA) is 90.7 Å². The van der Waals surface area contributed by atoms with Crippen LogP contribution in [-0.4, -0.2) is 28.9 Å². The fourth-order valence-electron chi connectivity index (χ4n) is 2.16. The van der Waals surface area contributed by atoms with Crippen LogP contribution >= 0.6 is 11.8 Å². The zero-order chi connectivity index (χ0) is 19.6. The lowest BCUT2D eigenvalue weighted by atomic mass is 10.2. The molecule has 0 bridgehead atoms. The molecular weight excluding hydrogens is 368 g/mol. The number of nitro groups is 1. The fraction of sp³-hybridized carbons (Fsp3) is 0.211. The van der Waals surface area contributed by atoms with E-state index < -0.39 is 4.92 Å². The summed E-state index contributed by atoms with van der Waals surface area (Å²) in [7, 11) is 0. The summed E-state index contributed by atoms with van der Waals surface area (Å²) in [5.41, 5.74) is 0.127. The van der Waals surface area contributed by atoms with Gasteiger partial charge in [-0.3, -0.25) is 14.9 Å². The summed E-state index contributed by atoms with van der Waals surface area (Å²) in [6.07, 6.45) is 1.70. The molecule has 0 atom stereocenters. The van der Waals surface area contributed by atoms with Crippen molar-refractivity contribution < 1.29 is 19.2 Å². The predicted molar refractivity (Wildman–Crippen MR) is 107 cm³/mol. The van der Waals surface area contributed by atoms with E-state index in [1.54, 1.807) is 36.4 Å². The van der Waals surface area contributed by atoms with Crippen LogP contribution in [0, 0.1) is 10.1 Å². The first-order chi connectivity index (χ1) is 13.0. The fourth-order valence-corrected chi connectivity index (χ4v) is 2.70. The summed E-state index contributed by atoms with van der Waals surface area (Å²) >= 11 is 1.40. The van der Waals surface area contributed by atoms with E-state index in [-0.39, 0.29) is 23.1 Å². The molecule has 1 amide bonds. The number of nitrogens with one attached hydrogen (secondary N) is 1. The third kappa shape index (κ3) is 6.67. The summed E-state index contributed by atoms with van der Waals surface area (Å²) in [6.45, 7) is 6.03. The molecule has 0 aromatic heterocycles. The third-order valence-electron chi connectivity index (χ3n) is 3.23. The SMILES string of the molecule is C=CCSCC(=O)Nc1cc(Oc2ccc(OCC)cc2)cc([N+](=O)[O-])c1. The van der Waals surface area contributed by atoms with E-state index in [0.29, 0.717) is 29.5 Å². The average molecular weight is 388 g/mol. The van der Waals surface area contributed by atoms with Crippen LogP contribution in [-0.2, 0) is 4.79 Å². The molecule has 1 N–H and O–H groups in total. The maximum absolute atomic E-state index is 11.9. The number of rotatable bonds is 10. The Hall–Kier alpha value is -3.00. The lowest BCUT2D eigenvalue weighted by molar-refractivity contribution is -0.384. The molecule has 2 aromatic carbocycles. The third-order valence-corrected chi connectivity index (χ3v) is 4.16. The van der Waals surface area contributed by atoms with Crippen molar-refractivity contribution in [3.8, 4) is 17.2 Å². The highest BCUT2D eigenvalue weighted by molar-refractivity contribution is 8.00. The molecule has 0 spiro atoms. The quantitative estimate of drug-likeness (QED) is 0.276. The van der Waals surface area contributed by atoms with E-state index >= 15 is 0 Å². The molecule has 27 heavy (non-hydrogen) atoms. The predicted octanol–water partition coefficient (Wildman–Crippen LogP) is 4.64. The number of anilines is 1. The number of non-ortho nitro benzene ring substituents is 1. The van der Waals surface area contributed by atoms with Gasteiger partial charge in [-0.05, 0) is 31.2 Å². The number of carbonyl (C=O) groups is 1. The molecular formula is C19H20N2O5S. The molecule has 0 heterocycles. The standard InChI is InChI=1S/C19H20N2O5S/c1-3-9-27-13-19(22)20-14-10-15(21(23)24)12-18(11-14)26-17-7-5-16(6-8-17)25-4-2/h3,5-8,10-12H,1,4,9,13H2,2H3,(H,20,22). The molecule has 0 saturated carbocycles. The zero-order valence-electron chi connectivity index (χ0n) is 14.8. The van der Waals surface area contributed by atoms with Crippen molar-refractivity contribution in [3.05, 3.63) is 65.2 Å². The first-order valence-corrected chi connectivity index (χ1v) is 9.36. The maximum Gasteiger partial charge on any atom is 0.275 e. The van der Waals surface area contributed by atoms with Gasteiger partial charge in [0.05, 0.1) is 29.0 Å². The summed E-state index contributed by atoms with van der Waals surface area (Å²) in [5.74, 6) is 2.07. The molecule has 142 valence electrons. The molecule has 0 aliphatic heterocycles. The highest BCUT2D eigenvalue weighted by atomic mass is 32.2. The van der Waals surface area contributed by atoms with Crippen LogP contribution in [0.3, 0.4) is 0 Å². The minimum absolute atomic E-state index is 0.174. The smallest absolute Gasteiger partial charge is 0.275 e. The Morgan fingerprint density at radius 1 is 1.22 bits per heavy atom. The van der Waals surface area contributed by atoms with Crippen LogP contribution in [0.15, 0.2) is 55.1 Å². The van der Waals surface area contributed by atoms with Crippen molar-refractivity contribution in [3.63, 3.8) is 0 Å². The second kappa shape index (κ2) is 10.2. The largest absolute Gasteiger partial charge is 0.494 e. The maximum atomic E-state index is 11.9. The number of hydrogen-bond donors (Lipinski definition) is 1. The van der Waals surface area contributed by atoms with Crippen LogP contribution in [0.25, 0.3) is 0 Å². The summed E-state index contributed by atoms with van der Waals surface area (Å²) in [5, 5.41) is 13.8. The Bertz CT molecular complexity index is 808. The van der Waals surface area contributed by atoms with E-state index in [1.807, 2.05) is 6.92 Å². The Morgan fingerprint density at radius 2 is 1.93 bits per heavy atom. The Morgan fingerprint density at radius 3 is 2.56 bits per heavy atom. The van der Waals surface area contributed by atoms with Gasteiger partial charge in [-0.25, -0.2) is 0 Å². The first kappa shape index (κ1) is 20.3. The Balaban J connectivity index is 2.15. The number of amides is 1. The zero-order valence-corrected chi connectivity index (χ0v) is 15.7. The van der Waals surface area contributed by atoms with Crippen molar-refractivity contribution in [2.75, 3.05) is 23.4 Å². The van der Waals surface area contributed by atoms with E-state index in [9.17, 15) is 14.9 Å². The van der Waals surface area contributed by atoms with E-state index in [0.717, 1.165) is 0 Å². The summed E-state index contributed by atoms with van der Waals surface area (Å²) < 4.78 is 11.1. The normalized spacial score (nSPS) is 10.1. The molecule has 0 aliphatic carbocycles. The van der Waals surface area contributed by atoms with Crippen LogP contribution in [0.1, 0.15) is 6.92 Å². The molecule has 2 aromatic rings. The van der Waals surface area contributed by atoms with Gasteiger partial charge in [0.25, 0.3) is 5.69 Å². The van der Waals surface area contributed by atoms with Gasteiger partial charge < -0.3 is 14.8 Å². The van der Waals surface area contributed by atoms with Crippen molar-refractivity contribution in [2.24, 2.45) is 0 Å². The van der Waals surface area contributed by atoms with Gasteiger partial charge in [0.1, 0.15) is 17.2 Å². The molecule has 2 rings (SSSR count). The number of benzene rings is 2. The van der Waals surface area contributed by atoms with Gasteiger partial charge in [-0.1, -0.05) is 6.08 Å². The van der Waals surface area contributed by atoms with Crippen molar-refractivity contribution >= 4 is 29.0 Å². The Labute approximate surface area is 161 Å². The molecule has 0 saturated heterocycles. The number of ether oxygens (including phenoxy) is 2. The van der Waals surface area contributed by atoms with E-state index in [4.69, 9.17) is 9.47 Å². The number of thioether (sulfide) groups is 1. The first-order valence-electron chi connectivity index (χ1n) is 8.20. The van der Waals surface area contributed by atoms with Crippen LogP contribution in [0.4, 0.5) is 11.4 Å².